The normalized spacial score (nSPS) is 22.0. The maximum atomic E-state index is 3.27. The Morgan fingerprint density at radius 2 is 1.92 bits per heavy atom. The van der Waals surface area contributed by atoms with E-state index in [1.807, 2.05) is 18.4 Å². The van der Waals surface area contributed by atoms with Gasteiger partial charge in [0.15, 0.2) is 0 Å². The average Bonchev–Trinajstić information content (AvgIpc) is 2.48. The van der Waals surface area contributed by atoms with Crippen LogP contribution in [0.4, 0.5) is 0 Å². The van der Waals surface area contributed by atoms with Crippen LogP contribution in [0, 0.1) is 0 Å². The van der Waals surface area contributed by atoms with Gasteiger partial charge in [-0.2, -0.15) is 0 Å². The van der Waals surface area contributed by atoms with Crippen LogP contribution in [0.15, 0.2) is 36.3 Å². The highest BCUT2D eigenvalue weighted by Gasteiger charge is 2.13. The standard InChI is InChI=1S/C10H14N2/c1-2-6-10(11-7-3-1)12-8-4-5-9-12/h1-3,6-7,11H,4-5,8-9H2. The van der Waals surface area contributed by atoms with Gasteiger partial charge in [0.2, 0.25) is 0 Å². The Kier molecular flexibility index (Phi) is 2.16. The maximum absolute atomic E-state index is 3.27. The molecule has 2 heteroatoms. The Balaban J connectivity index is 2.06. The summed E-state index contributed by atoms with van der Waals surface area (Å²) in [5.74, 6) is 1.23. The number of nitrogens with one attached hydrogen (secondary N) is 1. The molecular formula is C10H14N2. The van der Waals surface area contributed by atoms with Gasteiger partial charge in [0, 0.05) is 19.3 Å². The van der Waals surface area contributed by atoms with Gasteiger partial charge < -0.3 is 10.2 Å². The van der Waals surface area contributed by atoms with Gasteiger partial charge in [-0.05, 0) is 25.0 Å². The summed E-state index contributed by atoms with van der Waals surface area (Å²) in [4.78, 5) is 2.39. The molecule has 2 heterocycles. The van der Waals surface area contributed by atoms with Crippen LogP contribution < -0.4 is 5.32 Å². The number of hydrogen-bond acceptors (Lipinski definition) is 2. The molecular weight excluding hydrogens is 148 g/mol. The smallest absolute Gasteiger partial charge is 0.105 e. The highest BCUT2D eigenvalue weighted by atomic mass is 15.2. The summed E-state index contributed by atoms with van der Waals surface area (Å²) in [5.41, 5.74) is 0. The Morgan fingerprint density at radius 3 is 2.75 bits per heavy atom. The van der Waals surface area contributed by atoms with Gasteiger partial charge in [0.05, 0.1) is 0 Å². The Hall–Kier alpha value is -1.18. The molecule has 1 saturated heterocycles. The van der Waals surface area contributed by atoms with E-state index in [4.69, 9.17) is 0 Å². The van der Waals surface area contributed by atoms with E-state index in [1.165, 1.54) is 31.8 Å². The summed E-state index contributed by atoms with van der Waals surface area (Å²) in [6, 6.07) is 0. The Morgan fingerprint density at radius 1 is 1.08 bits per heavy atom. The lowest BCUT2D eigenvalue weighted by atomic mass is 10.4. The van der Waals surface area contributed by atoms with Crippen molar-refractivity contribution in [3.63, 3.8) is 0 Å². The maximum Gasteiger partial charge on any atom is 0.105 e. The first-order valence-corrected chi connectivity index (χ1v) is 4.52. The van der Waals surface area contributed by atoms with Gasteiger partial charge in [-0.1, -0.05) is 12.2 Å². The zero-order valence-electron chi connectivity index (χ0n) is 7.16. The fourth-order valence-corrected chi connectivity index (χ4v) is 1.60. The monoisotopic (exact) mass is 162 g/mol. The third-order valence-corrected chi connectivity index (χ3v) is 2.25. The van der Waals surface area contributed by atoms with E-state index in [0.29, 0.717) is 0 Å². The second kappa shape index (κ2) is 3.48. The molecule has 64 valence electrons. The average molecular weight is 162 g/mol. The molecule has 2 nitrogen and oxygen atoms in total. The molecule has 0 aromatic heterocycles. The molecule has 2 rings (SSSR count). The van der Waals surface area contributed by atoms with Gasteiger partial charge in [-0.15, -0.1) is 0 Å². The number of rotatable bonds is 1. The van der Waals surface area contributed by atoms with Gasteiger partial charge in [0.25, 0.3) is 0 Å². The van der Waals surface area contributed by atoms with Crippen molar-refractivity contribution in [2.24, 2.45) is 0 Å². The van der Waals surface area contributed by atoms with E-state index in [-0.39, 0.29) is 0 Å². The minimum atomic E-state index is 1.19. The summed E-state index contributed by atoms with van der Waals surface area (Å²) < 4.78 is 0. The molecule has 0 spiro atoms. The topological polar surface area (TPSA) is 15.3 Å². The summed E-state index contributed by atoms with van der Waals surface area (Å²) >= 11 is 0. The van der Waals surface area contributed by atoms with Crippen molar-refractivity contribution in [3.05, 3.63) is 36.3 Å². The van der Waals surface area contributed by atoms with Crippen molar-refractivity contribution < 1.29 is 0 Å². The van der Waals surface area contributed by atoms with Crippen molar-refractivity contribution in [1.82, 2.24) is 10.2 Å². The molecule has 0 aromatic rings. The molecule has 0 atom stereocenters. The zero-order chi connectivity index (χ0) is 8.23. The second-order valence-corrected chi connectivity index (χ2v) is 3.13. The van der Waals surface area contributed by atoms with E-state index in [9.17, 15) is 0 Å². The molecule has 12 heavy (non-hydrogen) atoms. The third-order valence-electron chi connectivity index (χ3n) is 2.25. The molecule has 0 amide bonds. The zero-order valence-corrected chi connectivity index (χ0v) is 7.16. The summed E-state index contributed by atoms with van der Waals surface area (Å²) in [6.07, 6.45) is 12.9. The fraction of sp³-hybridized carbons (Fsp3) is 0.400. The van der Waals surface area contributed by atoms with Crippen molar-refractivity contribution in [1.29, 1.82) is 0 Å². The van der Waals surface area contributed by atoms with Gasteiger partial charge >= 0.3 is 0 Å². The van der Waals surface area contributed by atoms with Crippen molar-refractivity contribution in [3.8, 4) is 0 Å². The first kappa shape index (κ1) is 7.47. The molecule has 2 aliphatic heterocycles. The SMILES string of the molecule is C1=CC=C(N2CCCC2)NC=C1. The molecule has 0 aliphatic carbocycles. The molecule has 0 aromatic carbocycles. The quantitative estimate of drug-likeness (QED) is 0.630. The van der Waals surface area contributed by atoms with Crippen LogP contribution in [-0.4, -0.2) is 18.0 Å². The summed E-state index contributed by atoms with van der Waals surface area (Å²) in [6.45, 7) is 2.39. The number of likely N-dealkylation sites (tertiary alicyclic amines) is 1. The van der Waals surface area contributed by atoms with Crippen LogP contribution in [-0.2, 0) is 0 Å². The minimum Gasteiger partial charge on any atom is -0.358 e. The number of allylic oxidation sites excluding steroid dienone is 4. The highest BCUT2D eigenvalue weighted by Crippen LogP contribution is 2.13. The third kappa shape index (κ3) is 1.52. The first-order chi connectivity index (χ1) is 5.97. The highest BCUT2D eigenvalue weighted by molar-refractivity contribution is 5.20. The van der Waals surface area contributed by atoms with E-state index in [0.717, 1.165) is 0 Å². The van der Waals surface area contributed by atoms with E-state index >= 15 is 0 Å². The number of nitrogens with zero attached hydrogens (tertiary/aromatic N) is 1. The molecule has 0 unspecified atom stereocenters. The molecule has 1 fully saturated rings. The van der Waals surface area contributed by atoms with Crippen LogP contribution in [0.1, 0.15) is 12.8 Å². The van der Waals surface area contributed by atoms with Crippen molar-refractivity contribution in [2.45, 2.75) is 12.8 Å². The molecule has 0 radical (unpaired) electrons. The van der Waals surface area contributed by atoms with Crippen LogP contribution in [0.25, 0.3) is 0 Å². The van der Waals surface area contributed by atoms with Gasteiger partial charge in [-0.3, -0.25) is 0 Å². The molecule has 1 N–H and O–H groups in total. The van der Waals surface area contributed by atoms with E-state index in [2.05, 4.69) is 22.4 Å². The molecule has 0 bridgehead atoms. The van der Waals surface area contributed by atoms with Crippen LogP contribution in [0.3, 0.4) is 0 Å². The van der Waals surface area contributed by atoms with E-state index < -0.39 is 0 Å². The lowest BCUT2D eigenvalue weighted by molar-refractivity contribution is 0.405. The number of hydrogen-bond donors (Lipinski definition) is 1. The van der Waals surface area contributed by atoms with Crippen molar-refractivity contribution >= 4 is 0 Å². The predicted molar refractivity (Wildman–Crippen MR) is 50.3 cm³/mol. The molecule has 2 aliphatic rings. The summed E-state index contributed by atoms with van der Waals surface area (Å²) in [5, 5.41) is 3.27. The van der Waals surface area contributed by atoms with Crippen molar-refractivity contribution in [2.75, 3.05) is 13.1 Å². The van der Waals surface area contributed by atoms with Crippen LogP contribution in [0.5, 0.6) is 0 Å². The minimum absolute atomic E-state index is 1.19. The predicted octanol–water partition coefficient (Wildman–Crippen LogP) is 1.60. The van der Waals surface area contributed by atoms with Crippen LogP contribution in [0.2, 0.25) is 0 Å². The van der Waals surface area contributed by atoms with Gasteiger partial charge in [-0.25, -0.2) is 0 Å². The lowest BCUT2D eigenvalue weighted by Crippen LogP contribution is -2.26. The largest absolute Gasteiger partial charge is 0.358 e. The van der Waals surface area contributed by atoms with Gasteiger partial charge in [0.1, 0.15) is 5.82 Å². The lowest BCUT2D eigenvalue weighted by Gasteiger charge is -2.20. The molecule has 0 saturated carbocycles. The summed E-state index contributed by atoms with van der Waals surface area (Å²) in [7, 11) is 0. The fourth-order valence-electron chi connectivity index (χ4n) is 1.60. The second-order valence-electron chi connectivity index (χ2n) is 3.13. The van der Waals surface area contributed by atoms with E-state index in [1.54, 1.807) is 0 Å². The Labute approximate surface area is 73.3 Å². The Bertz CT molecular complexity index is 232. The van der Waals surface area contributed by atoms with Crippen LogP contribution >= 0.6 is 0 Å². The first-order valence-electron chi connectivity index (χ1n) is 4.52.